The predicted octanol–water partition coefficient (Wildman–Crippen LogP) is 9.74. The minimum absolute atomic E-state index is 0.00308. The molecular formula is C49H83N5O4S. The van der Waals surface area contributed by atoms with E-state index >= 15 is 0 Å². The van der Waals surface area contributed by atoms with Crippen LogP contribution < -0.4 is 26.6 Å². The van der Waals surface area contributed by atoms with Crippen molar-refractivity contribution in [2.24, 2.45) is 40.4 Å². The molecule has 0 aromatic carbocycles. The van der Waals surface area contributed by atoms with Gasteiger partial charge in [0.25, 0.3) is 0 Å². The van der Waals surface area contributed by atoms with E-state index in [0.717, 1.165) is 86.7 Å². The summed E-state index contributed by atoms with van der Waals surface area (Å²) >= 11 is 1.91. The summed E-state index contributed by atoms with van der Waals surface area (Å²) in [5, 5.41) is 15.8. The zero-order chi connectivity index (χ0) is 41.8. The van der Waals surface area contributed by atoms with Gasteiger partial charge in [-0.25, -0.2) is 4.79 Å². The third-order valence-corrected chi connectivity index (χ3v) is 18.2. The molecule has 5 fully saturated rings. The Labute approximate surface area is 362 Å². The number of allylic oxidation sites excluding steroid dienone is 1. The quantitative estimate of drug-likeness (QED) is 0.0376. The Bertz CT molecular complexity index is 1440. The molecule has 4 unspecified atom stereocenters. The van der Waals surface area contributed by atoms with Crippen molar-refractivity contribution in [1.29, 1.82) is 0 Å². The van der Waals surface area contributed by atoms with Crippen molar-refractivity contribution in [3.63, 3.8) is 0 Å². The van der Waals surface area contributed by atoms with Gasteiger partial charge in [-0.15, -0.1) is 0 Å². The SMILES string of the molecule is CCCCCCCCC[C@@H](C)C1CC[C@H]2[C@H]3CC=C4C[C@@H](NC(=O)CCNC(=O)CCCCCNC(=O)CCCC[C@@H]5SC[C@@H]6NC(=O)N[C@@H]65)CCC4(C)C3CCC12C. The van der Waals surface area contributed by atoms with Crippen LogP contribution in [0.5, 0.6) is 0 Å². The highest BCUT2D eigenvalue weighted by Gasteiger charge is 2.59. The monoisotopic (exact) mass is 838 g/mol. The number of thioether (sulfide) groups is 1. The summed E-state index contributed by atoms with van der Waals surface area (Å²) < 4.78 is 0. The molecule has 6 aliphatic rings. The first-order valence-electron chi connectivity index (χ1n) is 24.7. The van der Waals surface area contributed by atoms with Gasteiger partial charge in [-0.2, -0.15) is 11.8 Å². The highest BCUT2D eigenvalue weighted by molar-refractivity contribution is 8.00. The molecule has 5 N–H and O–H groups in total. The Morgan fingerprint density at radius 2 is 1.53 bits per heavy atom. The maximum atomic E-state index is 13.0. The van der Waals surface area contributed by atoms with Gasteiger partial charge in [-0.05, 0) is 117 Å². The fraction of sp³-hybridized carbons (Fsp3) is 0.878. The maximum absolute atomic E-state index is 13.0. The second-order valence-corrected chi connectivity index (χ2v) is 21.8. The van der Waals surface area contributed by atoms with E-state index in [1.54, 1.807) is 5.57 Å². The van der Waals surface area contributed by atoms with E-state index in [1.165, 1.54) is 89.9 Å². The topological polar surface area (TPSA) is 128 Å². The van der Waals surface area contributed by atoms with Crippen LogP contribution in [-0.4, -0.2) is 66.0 Å². The average molecular weight is 838 g/mol. The molecule has 2 heterocycles. The fourth-order valence-electron chi connectivity index (χ4n) is 13.3. The number of amides is 5. The molecule has 2 saturated heterocycles. The highest BCUT2D eigenvalue weighted by atomic mass is 32.2. The molecular weight excluding hydrogens is 755 g/mol. The van der Waals surface area contributed by atoms with Crippen molar-refractivity contribution in [1.82, 2.24) is 26.6 Å². The van der Waals surface area contributed by atoms with Gasteiger partial charge in [-0.3, -0.25) is 14.4 Å². The van der Waals surface area contributed by atoms with E-state index in [1.807, 2.05) is 11.8 Å². The third kappa shape index (κ3) is 12.0. The molecule has 3 saturated carbocycles. The van der Waals surface area contributed by atoms with E-state index in [9.17, 15) is 19.2 Å². The number of nitrogens with one attached hydrogen (secondary N) is 5. The Kier molecular flexibility index (Phi) is 17.4. The van der Waals surface area contributed by atoms with Gasteiger partial charge in [0.1, 0.15) is 0 Å². The standard InChI is InChI=1S/C49H83N5O4S/c1-5-6-7-8-9-10-12-17-34(2)38-23-24-39-37-22-21-35-32-36(25-28-48(35,3)40(37)26-29-49(38,39)4)52-45(57)27-31-51-44(56)19-13-11-16-30-50-43(55)20-15-14-18-42-46-41(33-59-42)53-47(58)54-46/h21,34,36-42,46H,5-20,22-33H2,1-4H3,(H,50,55)(H,51,56)(H,52,57)(H2,53,54,58)/t34-,36+,37-,38?,39+,40?,41+,42+,46+,48?,49?/m1/s1. The molecule has 6 rings (SSSR count). The second kappa shape index (κ2) is 22.2. The van der Waals surface area contributed by atoms with Crippen molar-refractivity contribution >= 4 is 35.5 Å². The van der Waals surface area contributed by atoms with Crippen LogP contribution in [0.3, 0.4) is 0 Å². The lowest BCUT2D eigenvalue weighted by Gasteiger charge is -2.58. The second-order valence-electron chi connectivity index (χ2n) is 20.5. The van der Waals surface area contributed by atoms with Crippen LogP contribution in [0, 0.1) is 40.4 Å². The van der Waals surface area contributed by atoms with Gasteiger partial charge in [-0.1, -0.05) is 104 Å². The van der Waals surface area contributed by atoms with E-state index < -0.39 is 0 Å². The summed E-state index contributed by atoms with van der Waals surface area (Å²) in [6.45, 7) is 11.2. The third-order valence-electron chi connectivity index (χ3n) is 16.6. The highest BCUT2D eigenvalue weighted by Crippen LogP contribution is 2.67. The van der Waals surface area contributed by atoms with Crippen LogP contribution in [0.15, 0.2) is 11.6 Å². The van der Waals surface area contributed by atoms with E-state index in [4.69, 9.17) is 0 Å². The number of carbonyl (C=O) groups is 4. The number of hydrogen-bond acceptors (Lipinski definition) is 5. The molecule has 0 aromatic heterocycles. The molecule has 0 radical (unpaired) electrons. The van der Waals surface area contributed by atoms with Crippen molar-refractivity contribution in [3.05, 3.63) is 11.6 Å². The van der Waals surface area contributed by atoms with Crippen LogP contribution in [0.25, 0.3) is 0 Å². The molecule has 4 aliphatic carbocycles. The van der Waals surface area contributed by atoms with E-state index in [0.29, 0.717) is 43.0 Å². The first kappa shape index (κ1) is 46.3. The zero-order valence-corrected chi connectivity index (χ0v) is 38.4. The Morgan fingerprint density at radius 3 is 2.32 bits per heavy atom. The number of unbranched alkanes of at least 4 members (excludes halogenated alkanes) is 9. The van der Waals surface area contributed by atoms with Gasteiger partial charge in [0.05, 0.1) is 12.1 Å². The smallest absolute Gasteiger partial charge is 0.315 e. The molecule has 334 valence electrons. The number of rotatable bonds is 24. The van der Waals surface area contributed by atoms with Crippen LogP contribution >= 0.6 is 11.8 Å². The number of hydrogen-bond donors (Lipinski definition) is 5. The molecule has 59 heavy (non-hydrogen) atoms. The first-order chi connectivity index (χ1) is 28.5. The van der Waals surface area contributed by atoms with E-state index in [-0.39, 0.29) is 47.3 Å². The van der Waals surface area contributed by atoms with Crippen LogP contribution in [0.2, 0.25) is 0 Å². The average Bonchev–Trinajstić information content (AvgIpc) is 3.89. The Balaban J connectivity index is 0.800. The van der Waals surface area contributed by atoms with Crippen molar-refractivity contribution in [2.45, 2.75) is 212 Å². The van der Waals surface area contributed by atoms with Gasteiger partial charge in [0.15, 0.2) is 0 Å². The number of fused-ring (bicyclic) bond motifs is 6. The summed E-state index contributed by atoms with van der Waals surface area (Å²) in [5.74, 6) is 5.34. The normalized spacial score (nSPS) is 33.7. The minimum Gasteiger partial charge on any atom is -0.356 e. The molecule has 0 spiro atoms. The molecule has 9 nitrogen and oxygen atoms in total. The van der Waals surface area contributed by atoms with Gasteiger partial charge < -0.3 is 26.6 Å². The van der Waals surface area contributed by atoms with E-state index in [2.05, 4.69) is 60.4 Å². The molecule has 0 bridgehead atoms. The maximum Gasteiger partial charge on any atom is 0.315 e. The van der Waals surface area contributed by atoms with Crippen molar-refractivity contribution < 1.29 is 19.2 Å². The molecule has 0 aromatic rings. The van der Waals surface area contributed by atoms with Crippen LogP contribution in [0.4, 0.5) is 4.79 Å². The summed E-state index contributed by atoms with van der Waals surface area (Å²) in [7, 11) is 0. The largest absolute Gasteiger partial charge is 0.356 e. The zero-order valence-electron chi connectivity index (χ0n) is 37.6. The fourth-order valence-corrected chi connectivity index (χ4v) is 14.8. The Morgan fingerprint density at radius 1 is 0.797 bits per heavy atom. The molecule has 11 atom stereocenters. The summed E-state index contributed by atoms with van der Waals surface area (Å²) in [5.41, 5.74) is 2.40. The Hall–Kier alpha value is -2.23. The number of carbonyl (C=O) groups excluding carboxylic acids is 4. The lowest BCUT2D eigenvalue weighted by atomic mass is 9.47. The first-order valence-corrected chi connectivity index (χ1v) is 25.8. The molecule has 5 amide bonds. The van der Waals surface area contributed by atoms with Gasteiger partial charge in [0.2, 0.25) is 17.7 Å². The van der Waals surface area contributed by atoms with Crippen molar-refractivity contribution in [3.8, 4) is 0 Å². The molecule has 2 aliphatic heterocycles. The van der Waals surface area contributed by atoms with Crippen molar-refractivity contribution in [2.75, 3.05) is 18.8 Å². The minimum atomic E-state index is -0.0532. The van der Waals surface area contributed by atoms with Gasteiger partial charge >= 0.3 is 6.03 Å². The van der Waals surface area contributed by atoms with Gasteiger partial charge in [0, 0.05) is 49.4 Å². The lowest BCUT2D eigenvalue weighted by Crippen LogP contribution is -2.52. The summed E-state index contributed by atoms with van der Waals surface area (Å²) in [6, 6.07) is 0.619. The van der Waals surface area contributed by atoms with Crippen LogP contribution in [0.1, 0.15) is 188 Å². The summed E-state index contributed by atoms with van der Waals surface area (Å²) in [6.07, 6.45) is 30.7. The summed E-state index contributed by atoms with van der Waals surface area (Å²) in [4.78, 5) is 49.3. The number of urea groups is 1. The molecule has 10 heteroatoms. The predicted molar refractivity (Wildman–Crippen MR) is 242 cm³/mol. The lowest BCUT2D eigenvalue weighted by molar-refractivity contribution is -0.123. The van der Waals surface area contributed by atoms with Crippen LogP contribution in [-0.2, 0) is 14.4 Å².